The van der Waals surface area contributed by atoms with Gasteiger partial charge in [0.2, 0.25) is 0 Å². The Kier molecular flexibility index (Phi) is 10.3. The van der Waals surface area contributed by atoms with E-state index >= 15 is 0 Å². The summed E-state index contributed by atoms with van der Waals surface area (Å²) in [6, 6.07) is 0. The summed E-state index contributed by atoms with van der Waals surface area (Å²) in [4.78, 5) is 0. The van der Waals surface area contributed by atoms with E-state index in [1.807, 2.05) is 6.92 Å². The second kappa shape index (κ2) is 9.61. The summed E-state index contributed by atoms with van der Waals surface area (Å²) < 4.78 is 0. The summed E-state index contributed by atoms with van der Waals surface area (Å²) in [6.07, 6.45) is 9.89. The van der Waals surface area contributed by atoms with Crippen LogP contribution in [0.25, 0.3) is 0 Å². The highest BCUT2D eigenvalue weighted by Crippen LogP contribution is 2.02. The molecule has 0 fully saturated rings. The Morgan fingerprint density at radius 3 is 1.71 bits per heavy atom. The summed E-state index contributed by atoms with van der Waals surface area (Å²) in [5, 5.41) is 0. The van der Waals surface area contributed by atoms with Crippen LogP contribution in [-0.4, -0.2) is 0 Å². The molecule has 0 aromatic carbocycles. The molecular formula is C14H20. The van der Waals surface area contributed by atoms with Crippen LogP contribution in [0.15, 0.2) is 49.1 Å². The molecule has 0 saturated heterocycles. The van der Waals surface area contributed by atoms with Gasteiger partial charge in [-0.05, 0) is 24.5 Å². The maximum Gasteiger partial charge on any atom is -0.00494 e. The first-order chi connectivity index (χ1) is 6.49. The second-order valence-corrected chi connectivity index (χ2v) is 3.22. The highest BCUT2D eigenvalue weighted by molar-refractivity contribution is 5.33. The van der Waals surface area contributed by atoms with Crippen LogP contribution in [0, 0.1) is 18.3 Å². The van der Waals surface area contributed by atoms with Gasteiger partial charge in [-0.25, -0.2) is 0 Å². The van der Waals surface area contributed by atoms with Gasteiger partial charge in [0.25, 0.3) is 0 Å². The minimum atomic E-state index is 0.657. The second-order valence-electron chi connectivity index (χ2n) is 3.22. The fraction of sp³-hybridized carbons (Fsp3) is 0.286. The lowest BCUT2D eigenvalue weighted by atomic mass is 10.1. The molecule has 0 bridgehead atoms. The van der Waals surface area contributed by atoms with Gasteiger partial charge in [0, 0.05) is 0 Å². The smallest absolute Gasteiger partial charge is 0.00494 e. The van der Waals surface area contributed by atoms with Crippen molar-refractivity contribution >= 4 is 0 Å². The Balaban J connectivity index is 0. The van der Waals surface area contributed by atoms with Crippen molar-refractivity contribution in [3.63, 3.8) is 0 Å². The van der Waals surface area contributed by atoms with Crippen molar-refractivity contribution in [1.82, 2.24) is 0 Å². The van der Waals surface area contributed by atoms with E-state index in [0.29, 0.717) is 5.92 Å². The van der Waals surface area contributed by atoms with E-state index in [1.165, 1.54) is 5.57 Å². The number of terminal acetylenes is 1. The molecule has 0 spiro atoms. The molecule has 0 nitrogen and oxygen atoms in total. The van der Waals surface area contributed by atoms with Crippen LogP contribution in [0.4, 0.5) is 0 Å². The molecule has 0 radical (unpaired) electrons. The fourth-order valence-corrected chi connectivity index (χ4v) is 0.297. The Morgan fingerprint density at radius 2 is 1.64 bits per heavy atom. The van der Waals surface area contributed by atoms with Gasteiger partial charge in [-0.2, -0.15) is 0 Å². The van der Waals surface area contributed by atoms with Crippen LogP contribution in [0.3, 0.4) is 0 Å². The standard InChI is InChI=1S/C8H8.C6H12/c1-4-7-8(5-2)6-3;1-5(2)6(3)4/h1,5-7H,2-3H2;6H,1H2,2-4H3. The highest BCUT2D eigenvalue weighted by atomic mass is 13.9. The van der Waals surface area contributed by atoms with Crippen molar-refractivity contribution in [2.45, 2.75) is 20.8 Å². The Morgan fingerprint density at radius 1 is 1.29 bits per heavy atom. The molecule has 76 valence electrons. The molecule has 0 amide bonds. The van der Waals surface area contributed by atoms with Crippen LogP contribution < -0.4 is 0 Å². The van der Waals surface area contributed by atoms with Crippen molar-refractivity contribution < 1.29 is 0 Å². The number of allylic oxidation sites excluding steroid dienone is 5. The lowest BCUT2D eigenvalue weighted by molar-refractivity contribution is 0.773. The van der Waals surface area contributed by atoms with Crippen molar-refractivity contribution in [3.8, 4) is 12.3 Å². The molecule has 0 aliphatic rings. The SMILES string of the molecule is C#CC=C(C=C)C=C.C=C(C)C(C)C. The number of hydrogen-bond acceptors (Lipinski definition) is 0. The fourth-order valence-electron chi connectivity index (χ4n) is 0.297. The predicted molar refractivity (Wildman–Crippen MR) is 67.0 cm³/mol. The average molecular weight is 188 g/mol. The van der Waals surface area contributed by atoms with Gasteiger partial charge in [-0.1, -0.05) is 57.2 Å². The third-order valence-corrected chi connectivity index (χ3v) is 1.71. The minimum Gasteiger partial charge on any atom is -0.115 e. The molecule has 0 unspecified atom stereocenters. The van der Waals surface area contributed by atoms with Gasteiger partial charge in [-0.3, -0.25) is 0 Å². The largest absolute Gasteiger partial charge is 0.115 e. The van der Waals surface area contributed by atoms with Gasteiger partial charge in [-0.15, -0.1) is 6.42 Å². The lowest BCUT2D eigenvalue weighted by Gasteiger charge is -1.97. The third kappa shape index (κ3) is 10.5. The lowest BCUT2D eigenvalue weighted by Crippen LogP contribution is -1.83. The molecule has 0 rings (SSSR count). The monoisotopic (exact) mass is 188 g/mol. The van der Waals surface area contributed by atoms with E-state index in [4.69, 9.17) is 6.42 Å². The molecule has 0 aromatic rings. The van der Waals surface area contributed by atoms with Gasteiger partial charge >= 0.3 is 0 Å². The summed E-state index contributed by atoms with van der Waals surface area (Å²) in [5.74, 6) is 3.02. The summed E-state index contributed by atoms with van der Waals surface area (Å²) >= 11 is 0. The van der Waals surface area contributed by atoms with Crippen LogP contribution >= 0.6 is 0 Å². The molecule has 0 N–H and O–H groups in total. The maximum absolute atomic E-state index is 4.96. The highest BCUT2D eigenvalue weighted by Gasteiger charge is 1.87. The Bertz CT molecular complexity index is 246. The van der Waals surface area contributed by atoms with Gasteiger partial charge in [0.1, 0.15) is 0 Å². The van der Waals surface area contributed by atoms with Gasteiger partial charge in [0.05, 0.1) is 0 Å². The van der Waals surface area contributed by atoms with Crippen molar-refractivity contribution in [2.75, 3.05) is 0 Å². The van der Waals surface area contributed by atoms with E-state index < -0.39 is 0 Å². The van der Waals surface area contributed by atoms with E-state index in [2.05, 4.69) is 39.5 Å². The summed E-state index contributed by atoms with van der Waals surface area (Å²) in [5.41, 5.74) is 2.14. The van der Waals surface area contributed by atoms with Crippen molar-refractivity contribution in [2.24, 2.45) is 5.92 Å². The molecule has 0 heterocycles. The first kappa shape index (κ1) is 15.0. The molecule has 0 aliphatic carbocycles. The zero-order valence-corrected chi connectivity index (χ0v) is 9.51. The zero-order valence-electron chi connectivity index (χ0n) is 9.51. The van der Waals surface area contributed by atoms with Crippen molar-refractivity contribution in [1.29, 1.82) is 0 Å². The zero-order chi connectivity index (χ0) is 11.6. The van der Waals surface area contributed by atoms with Crippen LogP contribution in [0.2, 0.25) is 0 Å². The summed E-state index contributed by atoms with van der Waals surface area (Å²) in [6.45, 7) is 17.1. The van der Waals surface area contributed by atoms with Gasteiger partial charge in [0.15, 0.2) is 0 Å². The number of hydrogen-bond donors (Lipinski definition) is 0. The molecule has 0 aromatic heterocycles. The first-order valence-electron chi connectivity index (χ1n) is 4.56. The first-order valence-corrected chi connectivity index (χ1v) is 4.56. The van der Waals surface area contributed by atoms with Crippen LogP contribution in [0.5, 0.6) is 0 Å². The van der Waals surface area contributed by atoms with E-state index in [-0.39, 0.29) is 0 Å². The van der Waals surface area contributed by atoms with Crippen molar-refractivity contribution in [3.05, 3.63) is 49.1 Å². The predicted octanol–water partition coefficient (Wildman–Crippen LogP) is 4.14. The maximum atomic E-state index is 4.96. The molecule has 14 heavy (non-hydrogen) atoms. The Hall–Kier alpha value is -1.48. The molecule has 0 heteroatoms. The van der Waals surface area contributed by atoms with E-state index in [0.717, 1.165) is 5.57 Å². The quantitative estimate of drug-likeness (QED) is 0.355. The topological polar surface area (TPSA) is 0 Å². The molecular weight excluding hydrogens is 168 g/mol. The Labute approximate surface area is 88.7 Å². The number of rotatable bonds is 3. The van der Waals surface area contributed by atoms with Crippen LogP contribution in [-0.2, 0) is 0 Å². The molecule has 0 atom stereocenters. The van der Waals surface area contributed by atoms with Crippen LogP contribution in [0.1, 0.15) is 20.8 Å². The normalized spacial score (nSPS) is 7.64. The third-order valence-electron chi connectivity index (χ3n) is 1.71. The molecule has 0 aliphatic heterocycles. The average Bonchev–Trinajstić information content (AvgIpc) is 2.15. The van der Waals surface area contributed by atoms with E-state index in [9.17, 15) is 0 Å². The minimum absolute atomic E-state index is 0.657. The molecule has 0 saturated carbocycles. The van der Waals surface area contributed by atoms with E-state index in [1.54, 1.807) is 18.2 Å². The van der Waals surface area contributed by atoms with Gasteiger partial charge < -0.3 is 0 Å². The summed E-state index contributed by atoms with van der Waals surface area (Å²) in [7, 11) is 0.